The fourth-order valence-corrected chi connectivity index (χ4v) is 3.36. The Morgan fingerprint density at radius 1 is 1.04 bits per heavy atom. The number of hydrogen-bond acceptors (Lipinski definition) is 3. The molecule has 0 radical (unpaired) electrons. The molecule has 1 aliphatic rings. The molecule has 136 valence electrons. The summed E-state index contributed by atoms with van der Waals surface area (Å²) in [6.45, 7) is 5.15. The molecular formula is C19H26N2O4. The summed E-state index contributed by atoms with van der Waals surface area (Å²) in [6.07, 6.45) is 2.87. The van der Waals surface area contributed by atoms with E-state index < -0.39 is 17.8 Å². The van der Waals surface area contributed by atoms with E-state index in [2.05, 4.69) is 5.32 Å². The lowest BCUT2D eigenvalue weighted by atomic mass is 9.78. The van der Waals surface area contributed by atoms with Gasteiger partial charge in [0, 0.05) is 24.3 Å². The number of carboxylic acid groups (broad SMARTS) is 1. The Hall–Kier alpha value is -2.37. The molecule has 0 saturated heterocycles. The highest BCUT2D eigenvalue weighted by molar-refractivity contribution is 5.97. The molecule has 6 heteroatoms. The Balaban J connectivity index is 2.04. The molecule has 2 N–H and O–H groups in total. The summed E-state index contributed by atoms with van der Waals surface area (Å²) < 4.78 is 0. The topological polar surface area (TPSA) is 86.7 Å². The maximum Gasteiger partial charge on any atom is 0.307 e. The monoisotopic (exact) mass is 346 g/mol. The van der Waals surface area contributed by atoms with Gasteiger partial charge in [-0.05, 0) is 51.0 Å². The van der Waals surface area contributed by atoms with Crippen LogP contribution in [0.3, 0.4) is 0 Å². The van der Waals surface area contributed by atoms with Crippen LogP contribution in [0.25, 0.3) is 0 Å². The second kappa shape index (κ2) is 8.65. The van der Waals surface area contributed by atoms with E-state index in [0.29, 0.717) is 37.2 Å². The summed E-state index contributed by atoms with van der Waals surface area (Å²) in [5, 5.41) is 12.1. The van der Waals surface area contributed by atoms with Gasteiger partial charge in [0.05, 0.1) is 11.8 Å². The fraction of sp³-hybridized carbons (Fsp3) is 0.526. The molecule has 0 spiro atoms. The van der Waals surface area contributed by atoms with Gasteiger partial charge >= 0.3 is 5.97 Å². The van der Waals surface area contributed by atoms with Crippen molar-refractivity contribution in [1.29, 1.82) is 0 Å². The van der Waals surface area contributed by atoms with E-state index in [-0.39, 0.29) is 11.8 Å². The zero-order chi connectivity index (χ0) is 18.4. The van der Waals surface area contributed by atoms with Crippen LogP contribution in [-0.4, -0.2) is 40.9 Å². The third-order valence-electron chi connectivity index (χ3n) is 4.87. The molecule has 6 nitrogen and oxygen atoms in total. The van der Waals surface area contributed by atoms with Crippen molar-refractivity contribution in [2.45, 2.75) is 39.5 Å². The van der Waals surface area contributed by atoms with Gasteiger partial charge in [-0.1, -0.05) is 12.8 Å². The molecule has 1 fully saturated rings. The molecule has 2 rings (SSSR count). The Morgan fingerprint density at radius 3 is 2.12 bits per heavy atom. The maximum atomic E-state index is 12.5. The first-order chi connectivity index (χ1) is 12.0. The Labute approximate surface area is 148 Å². The second-order valence-corrected chi connectivity index (χ2v) is 6.38. The van der Waals surface area contributed by atoms with Crippen LogP contribution in [0.1, 0.15) is 49.9 Å². The minimum absolute atomic E-state index is 0.0406. The zero-order valence-electron chi connectivity index (χ0n) is 14.8. The molecule has 0 heterocycles. The number of benzene rings is 1. The summed E-state index contributed by atoms with van der Waals surface area (Å²) in [7, 11) is 0. The van der Waals surface area contributed by atoms with E-state index in [1.54, 1.807) is 29.2 Å². The van der Waals surface area contributed by atoms with Crippen LogP contribution in [0, 0.1) is 11.8 Å². The van der Waals surface area contributed by atoms with Gasteiger partial charge in [0.2, 0.25) is 5.91 Å². The normalized spacial score (nSPS) is 19.9. The summed E-state index contributed by atoms with van der Waals surface area (Å²) in [4.78, 5) is 37.8. The van der Waals surface area contributed by atoms with Crippen molar-refractivity contribution in [3.63, 3.8) is 0 Å². The van der Waals surface area contributed by atoms with Crippen LogP contribution < -0.4 is 5.32 Å². The molecule has 1 aromatic rings. The van der Waals surface area contributed by atoms with E-state index in [1.165, 1.54) is 0 Å². The van der Waals surface area contributed by atoms with Crippen molar-refractivity contribution < 1.29 is 19.5 Å². The average molecular weight is 346 g/mol. The summed E-state index contributed by atoms with van der Waals surface area (Å²) in [6, 6.07) is 6.75. The first kappa shape index (κ1) is 19.0. The number of amides is 2. The van der Waals surface area contributed by atoms with Gasteiger partial charge in [-0.25, -0.2) is 0 Å². The molecular weight excluding hydrogens is 320 g/mol. The average Bonchev–Trinajstić information content (AvgIpc) is 2.63. The van der Waals surface area contributed by atoms with Crippen molar-refractivity contribution in [3.05, 3.63) is 29.8 Å². The quantitative estimate of drug-likeness (QED) is 0.829. The van der Waals surface area contributed by atoms with Crippen LogP contribution in [-0.2, 0) is 9.59 Å². The highest BCUT2D eigenvalue weighted by Crippen LogP contribution is 2.31. The lowest BCUT2D eigenvalue weighted by Crippen LogP contribution is -2.36. The molecule has 0 unspecified atom stereocenters. The number of carboxylic acids is 1. The van der Waals surface area contributed by atoms with E-state index >= 15 is 0 Å². The molecule has 0 bridgehead atoms. The van der Waals surface area contributed by atoms with E-state index in [1.807, 2.05) is 13.8 Å². The van der Waals surface area contributed by atoms with Crippen molar-refractivity contribution in [3.8, 4) is 0 Å². The van der Waals surface area contributed by atoms with Gasteiger partial charge < -0.3 is 15.3 Å². The van der Waals surface area contributed by atoms with Crippen LogP contribution >= 0.6 is 0 Å². The molecule has 2 atom stereocenters. The van der Waals surface area contributed by atoms with Crippen LogP contribution in [0.5, 0.6) is 0 Å². The molecule has 25 heavy (non-hydrogen) atoms. The van der Waals surface area contributed by atoms with Gasteiger partial charge in [-0.2, -0.15) is 0 Å². The Kier molecular flexibility index (Phi) is 6.56. The number of nitrogens with one attached hydrogen (secondary N) is 1. The third kappa shape index (κ3) is 4.59. The molecule has 0 aliphatic heterocycles. The lowest BCUT2D eigenvalue weighted by molar-refractivity contribution is -0.147. The predicted molar refractivity (Wildman–Crippen MR) is 95.4 cm³/mol. The smallest absolute Gasteiger partial charge is 0.307 e. The SMILES string of the molecule is CCN(CC)C(=O)c1ccc(NC(=O)[C@@H]2CCCC[C@@H]2C(=O)O)cc1. The largest absolute Gasteiger partial charge is 0.481 e. The number of aliphatic carboxylic acids is 1. The highest BCUT2D eigenvalue weighted by atomic mass is 16.4. The van der Waals surface area contributed by atoms with Gasteiger partial charge in [-0.3, -0.25) is 14.4 Å². The number of rotatable bonds is 6. The van der Waals surface area contributed by atoms with Gasteiger partial charge in [-0.15, -0.1) is 0 Å². The fourth-order valence-electron chi connectivity index (χ4n) is 3.36. The predicted octanol–water partition coefficient (Wildman–Crippen LogP) is 3.00. The minimum atomic E-state index is -0.903. The molecule has 2 amide bonds. The van der Waals surface area contributed by atoms with Crippen molar-refractivity contribution in [2.75, 3.05) is 18.4 Å². The second-order valence-electron chi connectivity index (χ2n) is 6.38. The summed E-state index contributed by atoms with van der Waals surface area (Å²) >= 11 is 0. The van der Waals surface area contributed by atoms with Gasteiger partial charge in [0.1, 0.15) is 0 Å². The van der Waals surface area contributed by atoms with Crippen molar-refractivity contribution in [1.82, 2.24) is 4.90 Å². The first-order valence-corrected chi connectivity index (χ1v) is 8.90. The molecule has 1 aliphatic carbocycles. The van der Waals surface area contributed by atoms with Crippen LogP contribution in [0.2, 0.25) is 0 Å². The van der Waals surface area contributed by atoms with E-state index in [4.69, 9.17) is 0 Å². The van der Waals surface area contributed by atoms with Crippen molar-refractivity contribution in [2.24, 2.45) is 11.8 Å². The zero-order valence-corrected chi connectivity index (χ0v) is 14.8. The standard InChI is InChI=1S/C19H26N2O4/c1-3-21(4-2)18(23)13-9-11-14(12-10-13)20-17(22)15-7-5-6-8-16(15)19(24)25/h9-12,15-16H,3-8H2,1-2H3,(H,20,22)(H,24,25)/t15-,16+/m1/s1. The van der Waals surface area contributed by atoms with Gasteiger partial charge in [0.15, 0.2) is 0 Å². The van der Waals surface area contributed by atoms with Crippen LogP contribution in [0.4, 0.5) is 5.69 Å². The van der Waals surface area contributed by atoms with Crippen LogP contribution in [0.15, 0.2) is 24.3 Å². The first-order valence-electron chi connectivity index (χ1n) is 8.90. The lowest BCUT2D eigenvalue weighted by Gasteiger charge is -2.27. The Morgan fingerprint density at radius 2 is 1.60 bits per heavy atom. The minimum Gasteiger partial charge on any atom is -0.481 e. The van der Waals surface area contributed by atoms with E-state index in [9.17, 15) is 19.5 Å². The number of carbonyl (C=O) groups excluding carboxylic acids is 2. The van der Waals surface area contributed by atoms with E-state index in [0.717, 1.165) is 12.8 Å². The van der Waals surface area contributed by atoms with Crippen molar-refractivity contribution >= 4 is 23.5 Å². The third-order valence-corrected chi connectivity index (χ3v) is 4.87. The Bertz CT molecular complexity index is 623. The number of anilines is 1. The number of hydrogen-bond donors (Lipinski definition) is 2. The van der Waals surface area contributed by atoms with Gasteiger partial charge in [0.25, 0.3) is 5.91 Å². The summed E-state index contributed by atoms with van der Waals surface area (Å²) in [5.74, 6) is -2.31. The number of carbonyl (C=O) groups is 3. The maximum absolute atomic E-state index is 12.5. The molecule has 1 aromatic carbocycles. The number of nitrogens with zero attached hydrogens (tertiary/aromatic N) is 1. The highest BCUT2D eigenvalue weighted by Gasteiger charge is 2.35. The molecule has 0 aromatic heterocycles. The summed E-state index contributed by atoms with van der Waals surface area (Å²) in [5.41, 5.74) is 1.15. The molecule has 1 saturated carbocycles.